The highest BCUT2D eigenvalue weighted by molar-refractivity contribution is 7.18. The number of benzene rings is 1. The molecule has 0 radical (unpaired) electrons. The molecule has 0 fully saturated rings. The number of carbonyl (C=O) groups is 1. The van der Waals surface area contributed by atoms with Crippen molar-refractivity contribution in [2.24, 2.45) is 0 Å². The fraction of sp³-hybridized carbons (Fsp3) is 0.385. The van der Waals surface area contributed by atoms with Gasteiger partial charge in [-0.05, 0) is 18.6 Å². The lowest BCUT2D eigenvalue weighted by atomic mass is 10.1. The average Bonchev–Trinajstić information content (AvgIpc) is 2.68. The number of carbonyl (C=O) groups excluding carboxylic acids is 1. The predicted octanol–water partition coefficient (Wildman–Crippen LogP) is 3.60. The molecule has 1 aromatic heterocycles. The minimum Gasteiger partial charge on any atom is -0.299 e. The van der Waals surface area contributed by atoms with E-state index in [0.717, 1.165) is 23.4 Å². The molecule has 0 aliphatic rings. The number of unbranched alkanes of at least 4 members (excludes halogenated alkanes) is 1. The molecule has 0 unspecified atom stereocenters. The van der Waals surface area contributed by atoms with Crippen molar-refractivity contribution in [3.05, 3.63) is 29.3 Å². The van der Waals surface area contributed by atoms with Gasteiger partial charge >= 0.3 is 0 Å². The molecule has 2 nitrogen and oxygen atoms in total. The number of Topliss-reactive ketones (excluding diaryl/α,β-unsaturated/α-hetero) is 1. The van der Waals surface area contributed by atoms with Gasteiger partial charge in [-0.1, -0.05) is 25.5 Å². The van der Waals surface area contributed by atoms with Crippen LogP contribution in [0.15, 0.2) is 24.3 Å². The topological polar surface area (TPSA) is 30.0 Å². The summed E-state index contributed by atoms with van der Waals surface area (Å²) in [5.74, 6) is 0.306. The van der Waals surface area contributed by atoms with E-state index >= 15 is 0 Å². The van der Waals surface area contributed by atoms with Gasteiger partial charge < -0.3 is 0 Å². The molecule has 0 saturated heterocycles. The van der Waals surface area contributed by atoms with Gasteiger partial charge in [-0.15, -0.1) is 11.3 Å². The maximum Gasteiger partial charge on any atom is 0.139 e. The van der Waals surface area contributed by atoms with Crippen LogP contribution in [0.25, 0.3) is 10.2 Å². The molecule has 0 amide bonds. The van der Waals surface area contributed by atoms with Gasteiger partial charge in [0.2, 0.25) is 0 Å². The Morgan fingerprint density at radius 3 is 2.94 bits per heavy atom. The van der Waals surface area contributed by atoms with Crippen LogP contribution in [-0.2, 0) is 11.2 Å². The molecule has 16 heavy (non-hydrogen) atoms. The van der Waals surface area contributed by atoms with E-state index in [0.29, 0.717) is 18.6 Å². The minimum absolute atomic E-state index is 0.306. The van der Waals surface area contributed by atoms with Gasteiger partial charge in [0.05, 0.1) is 16.6 Å². The summed E-state index contributed by atoms with van der Waals surface area (Å²) in [7, 11) is 0. The number of thiazole rings is 1. The number of ketones is 1. The van der Waals surface area contributed by atoms with Crippen LogP contribution in [0.1, 0.15) is 31.2 Å². The third-order valence-electron chi connectivity index (χ3n) is 2.50. The highest BCUT2D eigenvalue weighted by Crippen LogP contribution is 2.22. The lowest BCUT2D eigenvalue weighted by molar-refractivity contribution is -0.118. The van der Waals surface area contributed by atoms with Crippen molar-refractivity contribution in [3.63, 3.8) is 0 Å². The zero-order valence-electron chi connectivity index (χ0n) is 9.40. The first-order valence-electron chi connectivity index (χ1n) is 5.65. The normalized spacial score (nSPS) is 10.8. The van der Waals surface area contributed by atoms with E-state index < -0.39 is 0 Å². The highest BCUT2D eigenvalue weighted by atomic mass is 32.1. The third-order valence-corrected chi connectivity index (χ3v) is 3.53. The molecule has 0 spiro atoms. The van der Waals surface area contributed by atoms with Crippen LogP contribution in [0.4, 0.5) is 0 Å². The molecule has 3 heteroatoms. The number of para-hydroxylation sites is 1. The largest absolute Gasteiger partial charge is 0.299 e. The molecule has 1 aromatic carbocycles. The Bertz CT molecular complexity index is 456. The van der Waals surface area contributed by atoms with E-state index in [1.54, 1.807) is 11.3 Å². The van der Waals surface area contributed by atoms with Crippen LogP contribution in [0.2, 0.25) is 0 Å². The van der Waals surface area contributed by atoms with Crippen molar-refractivity contribution in [2.75, 3.05) is 0 Å². The average molecular weight is 233 g/mol. The molecule has 0 aliphatic carbocycles. The van der Waals surface area contributed by atoms with Crippen molar-refractivity contribution >= 4 is 27.3 Å². The number of fused-ring (bicyclic) bond motifs is 1. The quantitative estimate of drug-likeness (QED) is 0.789. The Labute approximate surface area is 99.3 Å². The second-order valence-electron chi connectivity index (χ2n) is 3.89. The van der Waals surface area contributed by atoms with Gasteiger partial charge in [0, 0.05) is 6.42 Å². The van der Waals surface area contributed by atoms with Crippen LogP contribution in [0.5, 0.6) is 0 Å². The summed E-state index contributed by atoms with van der Waals surface area (Å²) in [6.45, 7) is 2.10. The monoisotopic (exact) mass is 233 g/mol. The van der Waals surface area contributed by atoms with Crippen molar-refractivity contribution in [1.29, 1.82) is 0 Å². The Hall–Kier alpha value is -1.22. The first-order chi connectivity index (χ1) is 7.79. The Kier molecular flexibility index (Phi) is 3.67. The summed E-state index contributed by atoms with van der Waals surface area (Å²) in [5, 5.41) is 0.947. The lowest BCUT2D eigenvalue weighted by Gasteiger charge is -1.95. The van der Waals surface area contributed by atoms with Crippen molar-refractivity contribution in [3.8, 4) is 0 Å². The lowest BCUT2D eigenvalue weighted by Crippen LogP contribution is -2.01. The number of hydrogen-bond acceptors (Lipinski definition) is 3. The van der Waals surface area contributed by atoms with Gasteiger partial charge in [0.25, 0.3) is 0 Å². The molecule has 0 bridgehead atoms. The highest BCUT2D eigenvalue weighted by Gasteiger charge is 2.08. The molecule has 0 atom stereocenters. The Morgan fingerprint density at radius 2 is 2.19 bits per heavy atom. The van der Waals surface area contributed by atoms with Gasteiger partial charge in [0.1, 0.15) is 10.8 Å². The summed E-state index contributed by atoms with van der Waals surface area (Å²) in [6.07, 6.45) is 3.25. The number of hydrogen-bond donors (Lipinski definition) is 0. The first-order valence-corrected chi connectivity index (χ1v) is 6.47. The predicted molar refractivity (Wildman–Crippen MR) is 67.9 cm³/mol. The standard InChI is InChI=1S/C13H15NOS/c1-2-3-6-10(15)9-13-14-11-7-4-5-8-12(11)16-13/h4-5,7-8H,2-3,6,9H2,1H3. The van der Waals surface area contributed by atoms with Crippen LogP contribution in [0.3, 0.4) is 0 Å². The smallest absolute Gasteiger partial charge is 0.139 e. The van der Waals surface area contributed by atoms with Gasteiger partial charge in [-0.25, -0.2) is 4.98 Å². The van der Waals surface area contributed by atoms with E-state index in [1.807, 2.05) is 24.3 Å². The minimum atomic E-state index is 0.306. The molecule has 0 aliphatic heterocycles. The van der Waals surface area contributed by atoms with Crippen molar-refractivity contribution < 1.29 is 4.79 Å². The van der Waals surface area contributed by atoms with E-state index in [9.17, 15) is 4.79 Å². The Morgan fingerprint density at radius 1 is 1.38 bits per heavy atom. The summed E-state index contributed by atoms with van der Waals surface area (Å²) >= 11 is 1.63. The fourth-order valence-electron chi connectivity index (χ4n) is 1.63. The van der Waals surface area contributed by atoms with E-state index in [2.05, 4.69) is 11.9 Å². The van der Waals surface area contributed by atoms with E-state index in [4.69, 9.17) is 0 Å². The zero-order chi connectivity index (χ0) is 11.4. The zero-order valence-corrected chi connectivity index (χ0v) is 10.2. The summed E-state index contributed by atoms with van der Waals surface area (Å²) in [4.78, 5) is 16.1. The van der Waals surface area contributed by atoms with Crippen LogP contribution >= 0.6 is 11.3 Å². The molecule has 2 aromatic rings. The maximum absolute atomic E-state index is 11.6. The summed E-state index contributed by atoms with van der Waals surface area (Å²) < 4.78 is 1.17. The second-order valence-corrected chi connectivity index (χ2v) is 5.01. The van der Waals surface area contributed by atoms with Gasteiger partial charge in [-0.3, -0.25) is 4.79 Å². The van der Waals surface area contributed by atoms with Crippen molar-refractivity contribution in [2.45, 2.75) is 32.6 Å². The number of rotatable bonds is 5. The number of nitrogens with zero attached hydrogens (tertiary/aromatic N) is 1. The van der Waals surface area contributed by atoms with Gasteiger partial charge in [-0.2, -0.15) is 0 Å². The number of aromatic nitrogens is 1. The van der Waals surface area contributed by atoms with Crippen LogP contribution < -0.4 is 0 Å². The van der Waals surface area contributed by atoms with Crippen LogP contribution in [0, 0.1) is 0 Å². The molecule has 84 valence electrons. The van der Waals surface area contributed by atoms with E-state index in [-0.39, 0.29) is 0 Å². The first kappa shape index (κ1) is 11.3. The van der Waals surface area contributed by atoms with Crippen molar-refractivity contribution in [1.82, 2.24) is 4.98 Å². The Balaban J connectivity index is 2.07. The van der Waals surface area contributed by atoms with Gasteiger partial charge in [0.15, 0.2) is 0 Å². The third kappa shape index (κ3) is 2.67. The molecule has 0 saturated carbocycles. The summed E-state index contributed by atoms with van der Waals surface area (Å²) in [6, 6.07) is 8.02. The fourth-order valence-corrected chi connectivity index (χ4v) is 2.62. The SMILES string of the molecule is CCCCC(=O)Cc1nc2ccccc2s1. The second kappa shape index (κ2) is 5.21. The molecule has 1 heterocycles. The van der Waals surface area contributed by atoms with E-state index in [1.165, 1.54) is 4.70 Å². The van der Waals surface area contributed by atoms with Crippen LogP contribution in [-0.4, -0.2) is 10.8 Å². The molecule has 0 N–H and O–H groups in total. The summed E-state index contributed by atoms with van der Waals surface area (Å²) in [5.41, 5.74) is 1.01. The molecular formula is C13H15NOS. The molecular weight excluding hydrogens is 218 g/mol. The maximum atomic E-state index is 11.6. The molecule has 2 rings (SSSR count).